The van der Waals surface area contributed by atoms with E-state index >= 15 is 0 Å². The number of nitrogens with zero attached hydrogens (tertiary/aromatic N) is 4. The molecule has 1 aliphatic heterocycles. The van der Waals surface area contributed by atoms with E-state index in [1.54, 1.807) is 32.5 Å². The molecular formula is C29H31N5O4S. The number of fused-ring (bicyclic) bond motifs is 3. The van der Waals surface area contributed by atoms with Crippen molar-refractivity contribution in [1.29, 1.82) is 0 Å². The van der Waals surface area contributed by atoms with Crippen LogP contribution in [0.4, 0.5) is 5.69 Å². The molecule has 1 aliphatic rings. The average Bonchev–Trinajstić information content (AvgIpc) is 3.41. The third kappa shape index (κ3) is 4.65. The number of aryl methyl sites for hydroxylation is 2. The van der Waals surface area contributed by atoms with Crippen LogP contribution in [0.3, 0.4) is 0 Å². The zero-order chi connectivity index (χ0) is 27.8. The van der Waals surface area contributed by atoms with Gasteiger partial charge < -0.3 is 19.9 Å². The van der Waals surface area contributed by atoms with Crippen molar-refractivity contribution in [3.05, 3.63) is 81.2 Å². The Morgan fingerprint density at radius 1 is 1.10 bits per heavy atom. The van der Waals surface area contributed by atoms with Crippen LogP contribution in [0, 0.1) is 26.7 Å². The summed E-state index contributed by atoms with van der Waals surface area (Å²) < 4.78 is 12.9. The highest BCUT2D eigenvalue weighted by Crippen LogP contribution is 2.40. The number of ether oxygens (including phenoxy) is 2. The summed E-state index contributed by atoms with van der Waals surface area (Å²) in [5.41, 5.74) is 5.68. The summed E-state index contributed by atoms with van der Waals surface area (Å²) in [6.45, 7) is 8.27. The van der Waals surface area contributed by atoms with Gasteiger partial charge in [-0.2, -0.15) is 0 Å². The van der Waals surface area contributed by atoms with Gasteiger partial charge in [-0.15, -0.1) is 21.5 Å². The third-order valence-corrected chi connectivity index (χ3v) is 8.37. The Kier molecular flexibility index (Phi) is 7.14. The first-order valence-electron chi connectivity index (χ1n) is 12.6. The van der Waals surface area contributed by atoms with Crippen molar-refractivity contribution in [1.82, 2.24) is 14.8 Å². The van der Waals surface area contributed by atoms with Gasteiger partial charge in [0.2, 0.25) is 0 Å². The number of thiophene rings is 1. The van der Waals surface area contributed by atoms with Crippen LogP contribution in [0.2, 0.25) is 0 Å². The Balaban J connectivity index is 1.53. The second kappa shape index (κ2) is 10.5. The molecule has 2 N–H and O–H groups in total. The number of aromatic nitrogens is 3. The number of hydrogen-bond acceptors (Lipinski definition) is 8. The number of aliphatic carboxylic acids is 1. The quantitative estimate of drug-likeness (QED) is 0.301. The molecule has 2 atom stereocenters. The van der Waals surface area contributed by atoms with E-state index < -0.39 is 17.9 Å². The molecule has 2 aromatic carbocycles. The molecule has 3 heterocycles. The molecule has 0 radical (unpaired) electrons. The lowest BCUT2D eigenvalue weighted by Gasteiger charge is -2.16. The lowest BCUT2D eigenvalue weighted by atomic mass is 9.98. The fourth-order valence-corrected chi connectivity index (χ4v) is 6.07. The van der Waals surface area contributed by atoms with Crippen LogP contribution in [-0.2, 0) is 11.3 Å². The summed E-state index contributed by atoms with van der Waals surface area (Å²) in [6, 6.07) is 13.2. The standard InChI is InChI=1S/C29H31N5O4S/c1-15-17(3)39-28-23(15)25(31-24(16(2)29(35)36)27-33-32-18(4)34(27)28)19-10-12-21(13-11-19)30-14-20-8-7-9-22(37-5)26(20)38-6/h7-13,16,24,30H,14H2,1-6H3,(H,35,36)/t16-,24?/m0/s1. The molecule has 5 rings (SSSR count). The van der Waals surface area contributed by atoms with Crippen LogP contribution in [0.15, 0.2) is 47.5 Å². The first kappa shape index (κ1) is 26.4. The summed E-state index contributed by atoms with van der Waals surface area (Å²) >= 11 is 1.65. The Labute approximate surface area is 231 Å². The Morgan fingerprint density at radius 2 is 1.85 bits per heavy atom. The molecule has 0 saturated heterocycles. The smallest absolute Gasteiger partial charge is 0.308 e. The molecule has 1 unspecified atom stereocenters. The van der Waals surface area contributed by atoms with Gasteiger partial charge >= 0.3 is 5.97 Å². The summed E-state index contributed by atoms with van der Waals surface area (Å²) in [5.74, 6) is 0.932. The fourth-order valence-electron chi connectivity index (χ4n) is 4.85. The van der Waals surface area contributed by atoms with Crippen molar-refractivity contribution in [3.8, 4) is 16.5 Å². The number of methoxy groups -OCH3 is 2. The predicted octanol–water partition coefficient (Wildman–Crippen LogP) is 5.50. The average molecular weight is 546 g/mol. The van der Waals surface area contributed by atoms with Crippen LogP contribution in [0.5, 0.6) is 11.5 Å². The molecule has 4 aromatic rings. The van der Waals surface area contributed by atoms with Crippen LogP contribution >= 0.6 is 11.3 Å². The van der Waals surface area contributed by atoms with E-state index in [1.165, 1.54) is 4.88 Å². The van der Waals surface area contributed by atoms with Crippen LogP contribution in [0.25, 0.3) is 5.00 Å². The molecule has 0 amide bonds. The predicted molar refractivity (Wildman–Crippen MR) is 152 cm³/mol. The highest BCUT2D eigenvalue weighted by atomic mass is 32.1. The number of para-hydroxylation sites is 1. The highest BCUT2D eigenvalue weighted by Gasteiger charge is 2.36. The molecule has 202 valence electrons. The molecule has 0 saturated carbocycles. The molecule has 2 aromatic heterocycles. The van der Waals surface area contributed by atoms with Crippen molar-refractivity contribution in [2.45, 2.75) is 40.3 Å². The lowest BCUT2D eigenvalue weighted by Crippen LogP contribution is -2.21. The van der Waals surface area contributed by atoms with E-state index in [4.69, 9.17) is 14.5 Å². The lowest BCUT2D eigenvalue weighted by molar-refractivity contribution is -0.141. The van der Waals surface area contributed by atoms with E-state index in [1.807, 2.05) is 54.0 Å². The van der Waals surface area contributed by atoms with Crippen molar-refractivity contribution >= 4 is 28.7 Å². The second-order valence-corrected chi connectivity index (χ2v) is 10.7. The van der Waals surface area contributed by atoms with Gasteiger partial charge in [-0.3, -0.25) is 14.4 Å². The molecule has 39 heavy (non-hydrogen) atoms. The zero-order valence-corrected chi connectivity index (χ0v) is 23.6. The maximum absolute atomic E-state index is 12.1. The molecule has 0 spiro atoms. The largest absolute Gasteiger partial charge is 0.493 e. The van der Waals surface area contributed by atoms with Crippen LogP contribution in [0.1, 0.15) is 51.7 Å². The normalized spacial score (nSPS) is 15.0. The van der Waals surface area contributed by atoms with E-state index in [0.717, 1.165) is 38.7 Å². The minimum Gasteiger partial charge on any atom is -0.493 e. The maximum Gasteiger partial charge on any atom is 0.308 e. The van der Waals surface area contributed by atoms with Gasteiger partial charge in [-0.25, -0.2) is 0 Å². The van der Waals surface area contributed by atoms with Gasteiger partial charge in [-0.1, -0.05) is 24.3 Å². The molecular weight excluding hydrogens is 514 g/mol. The van der Waals surface area contributed by atoms with E-state index in [-0.39, 0.29) is 0 Å². The molecule has 9 nitrogen and oxygen atoms in total. The van der Waals surface area contributed by atoms with Gasteiger partial charge in [-0.05, 0) is 51.5 Å². The maximum atomic E-state index is 12.1. The number of anilines is 1. The summed E-state index contributed by atoms with van der Waals surface area (Å²) in [5, 5.41) is 23.0. The molecule has 0 bridgehead atoms. The topological polar surface area (TPSA) is 111 Å². The highest BCUT2D eigenvalue weighted by molar-refractivity contribution is 7.15. The van der Waals surface area contributed by atoms with Crippen molar-refractivity contribution in [2.75, 3.05) is 19.5 Å². The van der Waals surface area contributed by atoms with Gasteiger partial charge in [0, 0.05) is 33.8 Å². The first-order valence-corrected chi connectivity index (χ1v) is 13.4. The fraction of sp³-hybridized carbons (Fsp3) is 0.310. The Morgan fingerprint density at radius 3 is 2.51 bits per heavy atom. The minimum atomic E-state index is -0.930. The van der Waals surface area contributed by atoms with E-state index in [2.05, 4.69) is 29.4 Å². The molecule has 10 heteroatoms. The molecule has 0 aliphatic carbocycles. The second-order valence-electron chi connectivity index (χ2n) is 9.54. The van der Waals surface area contributed by atoms with Crippen LogP contribution in [-0.4, -0.2) is 45.8 Å². The van der Waals surface area contributed by atoms with Gasteiger partial charge in [0.15, 0.2) is 17.3 Å². The first-order chi connectivity index (χ1) is 18.7. The van der Waals surface area contributed by atoms with Crippen molar-refractivity contribution in [3.63, 3.8) is 0 Å². The number of benzene rings is 2. The number of aliphatic imine (C=N–C) groups is 1. The minimum absolute atomic E-state index is 0.547. The molecule has 0 fully saturated rings. The number of carboxylic acids is 1. The van der Waals surface area contributed by atoms with Gasteiger partial charge in [0.25, 0.3) is 0 Å². The summed E-state index contributed by atoms with van der Waals surface area (Å²) in [7, 11) is 3.26. The van der Waals surface area contributed by atoms with Crippen LogP contribution < -0.4 is 14.8 Å². The third-order valence-electron chi connectivity index (χ3n) is 7.18. The summed E-state index contributed by atoms with van der Waals surface area (Å²) in [4.78, 5) is 18.3. The van der Waals surface area contributed by atoms with E-state index in [9.17, 15) is 9.90 Å². The monoisotopic (exact) mass is 545 g/mol. The SMILES string of the molecule is COc1cccc(CNc2ccc(C3=NC([C@H](C)C(=O)O)c4nnc(C)n4-c4sc(C)c(C)c43)cc2)c1OC. The van der Waals surface area contributed by atoms with Crippen molar-refractivity contribution in [2.24, 2.45) is 10.9 Å². The van der Waals surface area contributed by atoms with Gasteiger partial charge in [0.1, 0.15) is 16.9 Å². The van der Waals surface area contributed by atoms with E-state index in [0.29, 0.717) is 29.7 Å². The number of nitrogens with one attached hydrogen (secondary N) is 1. The van der Waals surface area contributed by atoms with Crippen molar-refractivity contribution < 1.29 is 19.4 Å². The Hall–Kier alpha value is -4.18. The Bertz CT molecular complexity index is 1570. The number of carbonyl (C=O) groups is 1. The number of hydrogen-bond donors (Lipinski definition) is 2. The number of rotatable bonds is 8. The van der Waals surface area contributed by atoms with Gasteiger partial charge in [0.05, 0.1) is 25.8 Å². The zero-order valence-electron chi connectivity index (χ0n) is 22.8. The summed E-state index contributed by atoms with van der Waals surface area (Å²) in [6.07, 6.45) is 0. The number of carboxylic acid groups (broad SMARTS) is 1.